The van der Waals surface area contributed by atoms with Crippen molar-refractivity contribution < 1.29 is 4.42 Å². The maximum absolute atomic E-state index is 6.16. The third kappa shape index (κ3) is 1.59. The molecule has 88 valence electrons. The summed E-state index contributed by atoms with van der Waals surface area (Å²) in [4.78, 5) is 0. The predicted octanol–water partition coefficient (Wildman–Crippen LogP) is 1.96. The lowest BCUT2D eigenvalue weighted by Gasteiger charge is -1.98. The highest BCUT2D eigenvalue weighted by Crippen LogP contribution is 2.09. The minimum Gasteiger partial charge on any atom is -0.454 e. The Morgan fingerprint density at radius 3 is 2.33 bits per heavy atom. The molecule has 0 spiro atoms. The summed E-state index contributed by atoms with van der Waals surface area (Å²) in [7, 11) is 0. The molecule has 1 heterocycles. The van der Waals surface area contributed by atoms with Gasteiger partial charge in [-0.25, -0.2) is 0 Å². The SMILES string of the molecule is C=c1/c(=C(\N)c2ccccc2)oc2ccccc12. The van der Waals surface area contributed by atoms with Gasteiger partial charge < -0.3 is 10.2 Å². The summed E-state index contributed by atoms with van der Waals surface area (Å²) in [6.07, 6.45) is 0. The van der Waals surface area contributed by atoms with E-state index in [1.165, 1.54) is 0 Å². The van der Waals surface area contributed by atoms with Gasteiger partial charge in [0.2, 0.25) is 0 Å². The molecule has 0 atom stereocenters. The molecular weight excluding hydrogens is 222 g/mol. The van der Waals surface area contributed by atoms with Crippen LogP contribution in [0.4, 0.5) is 0 Å². The van der Waals surface area contributed by atoms with Crippen molar-refractivity contribution in [3.8, 4) is 0 Å². The van der Waals surface area contributed by atoms with Crippen LogP contribution in [0.15, 0.2) is 59.0 Å². The topological polar surface area (TPSA) is 39.2 Å². The number of nitrogens with two attached hydrogens (primary N) is 1. The highest BCUT2D eigenvalue weighted by Gasteiger charge is 2.05. The third-order valence-corrected chi connectivity index (χ3v) is 3.03. The van der Waals surface area contributed by atoms with Crippen molar-refractivity contribution >= 4 is 23.2 Å². The van der Waals surface area contributed by atoms with Gasteiger partial charge in [-0.05, 0) is 6.07 Å². The summed E-state index contributed by atoms with van der Waals surface area (Å²) in [6.45, 7) is 4.06. The van der Waals surface area contributed by atoms with E-state index < -0.39 is 0 Å². The lowest BCUT2D eigenvalue weighted by Crippen LogP contribution is -2.25. The summed E-state index contributed by atoms with van der Waals surface area (Å²) in [6, 6.07) is 17.6. The van der Waals surface area contributed by atoms with Gasteiger partial charge >= 0.3 is 0 Å². The van der Waals surface area contributed by atoms with Crippen molar-refractivity contribution in [2.75, 3.05) is 0 Å². The van der Waals surface area contributed by atoms with Gasteiger partial charge in [-0.15, -0.1) is 0 Å². The number of furan rings is 1. The molecule has 0 aliphatic carbocycles. The zero-order valence-electron chi connectivity index (χ0n) is 9.89. The van der Waals surface area contributed by atoms with Gasteiger partial charge in [-0.1, -0.05) is 55.1 Å². The molecule has 0 bridgehead atoms. The Labute approximate surface area is 105 Å². The lowest BCUT2D eigenvalue weighted by atomic mass is 10.1. The minimum absolute atomic E-state index is 0.622. The number of hydrogen-bond donors (Lipinski definition) is 1. The zero-order valence-corrected chi connectivity index (χ0v) is 9.89. The number of rotatable bonds is 1. The average Bonchev–Trinajstić information content (AvgIpc) is 2.77. The van der Waals surface area contributed by atoms with E-state index in [-0.39, 0.29) is 0 Å². The molecule has 0 aliphatic heterocycles. The van der Waals surface area contributed by atoms with E-state index in [0.29, 0.717) is 11.1 Å². The van der Waals surface area contributed by atoms with Crippen LogP contribution in [0, 0.1) is 0 Å². The molecule has 0 saturated heterocycles. The molecule has 0 unspecified atom stereocenters. The van der Waals surface area contributed by atoms with Crippen molar-refractivity contribution in [2.45, 2.75) is 0 Å². The number of hydrogen-bond acceptors (Lipinski definition) is 2. The van der Waals surface area contributed by atoms with E-state index in [1.54, 1.807) is 0 Å². The van der Waals surface area contributed by atoms with Crippen LogP contribution in [0.1, 0.15) is 5.56 Å². The molecule has 2 N–H and O–H groups in total. The van der Waals surface area contributed by atoms with Crippen LogP contribution >= 0.6 is 0 Å². The molecule has 3 aromatic rings. The molecule has 2 aromatic carbocycles. The van der Waals surface area contributed by atoms with Crippen molar-refractivity contribution in [3.05, 3.63) is 70.8 Å². The van der Waals surface area contributed by atoms with Crippen LogP contribution in [0.25, 0.3) is 23.2 Å². The van der Waals surface area contributed by atoms with Crippen molar-refractivity contribution in [1.29, 1.82) is 0 Å². The molecule has 0 radical (unpaired) electrons. The molecule has 0 aliphatic rings. The Hall–Kier alpha value is -2.48. The molecule has 2 nitrogen and oxygen atoms in total. The Balaban J connectivity index is 2.39. The summed E-state index contributed by atoms with van der Waals surface area (Å²) < 4.78 is 5.79. The van der Waals surface area contributed by atoms with Gasteiger partial charge in [0.1, 0.15) is 5.58 Å². The van der Waals surface area contributed by atoms with Crippen LogP contribution in [0.2, 0.25) is 0 Å². The standard InChI is InChI=1S/C16H13NO/c1-11-13-9-5-6-10-14(13)18-16(11)15(17)12-7-3-2-4-8-12/h2-10H,1,17H2/b16-15+. The zero-order chi connectivity index (χ0) is 12.5. The van der Waals surface area contributed by atoms with Crippen molar-refractivity contribution in [3.63, 3.8) is 0 Å². The van der Waals surface area contributed by atoms with E-state index in [1.807, 2.05) is 54.6 Å². The van der Waals surface area contributed by atoms with Gasteiger partial charge in [-0.3, -0.25) is 0 Å². The van der Waals surface area contributed by atoms with Gasteiger partial charge in [-0.2, -0.15) is 0 Å². The minimum atomic E-state index is 0.622. The van der Waals surface area contributed by atoms with Crippen molar-refractivity contribution in [2.24, 2.45) is 5.73 Å². The van der Waals surface area contributed by atoms with Crippen LogP contribution in [-0.4, -0.2) is 0 Å². The fourth-order valence-electron chi connectivity index (χ4n) is 2.07. The number of para-hydroxylation sites is 1. The molecule has 3 rings (SSSR count). The maximum atomic E-state index is 6.16. The first-order valence-corrected chi connectivity index (χ1v) is 5.79. The van der Waals surface area contributed by atoms with Gasteiger partial charge in [0.15, 0.2) is 5.42 Å². The molecule has 2 heteroatoms. The summed E-state index contributed by atoms with van der Waals surface area (Å²) in [5.41, 5.74) is 9.20. The van der Waals surface area contributed by atoms with Crippen LogP contribution in [-0.2, 0) is 0 Å². The maximum Gasteiger partial charge on any atom is 0.158 e. The number of fused-ring (bicyclic) bond motifs is 1. The van der Waals surface area contributed by atoms with E-state index in [9.17, 15) is 0 Å². The van der Waals surface area contributed by atoms with Gasteiger partial charge in [0.05, 0.1) is 5.70 Å². The first kappa shape index (κ1) is 10.7. The smallest absolute Gasteiger partial charge is 0.158 e. The van der Waals surface area contributed by atoms with E-state index in [2.05, 4.69) is 6.58 Å². The van der Waals surface area contributed by atoms with Crippen LogP contribution in [0.5, 0.6) is 0 Å². The third-order valence-electron chi connectivity index (χ3n) is 3.03. The second-order valence-electron chi connectivity index (χ2n) is 4.19. The van der Waals surface area contributed by atoms with Crippen LogP contribution < -0.4 is 16.4 Å². The molecule has 0 fully saturated rings. The highest BCUT2D eigenvalue weighted by molar-refractivity contribution is 5.79. The van der Waals surface area contributed by atoms with E-state index in [0.717, 1.165) is 21.8 Å². The lowest BCUT2D eigenvalue weighted by molar-refractivity contribution is 0.572. The Kier molecular flexibility index (Phi) is 2.41. The summed E-state index contributed by atoms with van der Waals surface area (Å²) in [5.74, 6) is 0. The monoisotopic (exact) mass is 235 g/mol. The Morgan fingerprint density at radius 2 is 1.61 bits per heavy atom. The average molecular weight is 235 g/mol. The fourth-order valence-corrected chi connectivity index (χ4v) is 2.07. The fraction of sp³-hybridized carbons (Fsp3) is 0. The Bertz CT molecular complexity index is 800. The molecule has 0 saturated carbocycles. The molecular formula is C16H13NO. The van der Waals surface area contributed by atoms with Crippen LogP contribution in [0.3, 0.4) is 0 Å². The quantitative estimate of drug-likeness (QED) is 0.700. The second kappa shape index (κ2) is 4.08. The van der Waals surface area contributed by atoms with Gasteiger partial charge in [0, 0.05) is 16.2 Å². The van der Waals surface area contributed by atoms with Crippen molar-refractivity contribution in [1.82, 2.24) is 0 Å². The molecule has 18 heavy (non-hydrogen) atoms. The highest BCUT2D eigenvalue weighted by atomic mass is 16.3. The van der Waals surface area contributed by atoms with Gasteiger partial charge in [0.25, 0.3) is 0 Å². The van der Waals surface area contributed by atoms with E-state index >= 15 is 0 Å². The van der Waals surface area contributed by atoms with E-state index in [4.69, 9.17) is 10.2 Å². The molecule has 1 aromatic heterocycles. The summed E-state index contributed by atoms with van der Waals surface area (Å²) in [5, 5.41) is 1.85. The second-order valence-corrected chi connectivity index (χ2v) is 4.19. The first-order valence-electron chi connectivity index (χ1n) is 5.79. The Morgan fingerprint density at radius 1 is 0.944 bits per heavy atom. The number of benzene rings is 2. The first-order chi connectivity index (χ1) is 8.77. The summed E-state index contributed by atoms with van der Waals surface area (Å²) >= 11 is 0. The predicted molar refractivity (Wildman–Crippen MR) is 74.1 cm³/mol. The normalized spacial score (nSPS) is 12.7. The largest absolute Gasteiger partial charge is 0.454 e. The molecule has 0 amide bonds.